The third kappa shape index (κ3) is 3.80. The van der Waals surface area contributed by atoms with Crippen molar-refractivity contribution in [1.82, 2.24) is 15.2 Å². The average molecular weight is 392 g/mol. The minimum atomic E-state index is -0.410. The Morgan fingerprint density at radius 1 is 1.18 bits per heavy atom. The largest absolute Gasteiger partial charge is 0.490 e. The minimum absolute atomic E-state index is 0.410. The van der Waals surface area contributed by atoms with E-state index in [4.69, 9.17) is 9.47 Å². The molecule has 0 bridgehead atoms. The average Bonchev–Trinajstić information content (AvgIpc) is 2.89. The first kappa shape index (κ1) is 18.3. The Morgan fingerprint density at radius 2 is 2.00 bits per heavy atom. The number of anilines is 1. The Bertz CT molecular complexity index is 978. The van der Waals surface area contributed by atoms with E-state index >= 15 is 0 Å². The number of aromatic nitrogens is 3. The maximum absolute atomic E-state index is 6.24. The van der Waals surface area contributed by atoms with Crippen LogP contribution in [0.15, 0.2) is 66.3 Å². The number of rotatable bonds is 6. The number of nitrogens with one attached hydrogen (secondary N) is 1. The summed E-state index contributed by atoms with van der Waals surface area (Å²) in [6.07, 6.45) is 1.31. The molecule has 1 aromatic heterocycles. The fourth-order valence-corrected chi connectivity index (χ4v) is 3.39. The molecule has 0 radical (unpaired) electrons. The van der Waals surface area contributed by atoms with Crippen LogP contribution in [-0.4, -0.2) is 27.5 Å². The van der Waals surface area contributed by atoms with Crippen molar-refractivity contribution in [2.24, 2.45) is 0 Å². The molecule has 1 aliphatic rings. The second-order valence-electron chi connectivity index (χ2n) is 6.04. The van der Waals surface area contributed by atoms with Crippen LogP contribution in [0.3, 0.4) is 0 Å². The molecule has 0 spiro atoms. The molecule has 0 amide bonds. The number of hydrogen-bond acceptors (Lipinski definition) is 7. The summed E-state index contributed by atoms with van der Waals surface area (Å²) in [5.74, 6) is 2.12. The fourth-order valence-electron chi connectivity index (χ4n) is 2.88. The van der Waals surface area contributed by atoms with Crippen LogP contribution in [0.25, 0.3) is 11.3 Å². The van der Waals surface area contributed by atoms with Gasteiger partial charge in [0, 0.05) is 16.8 Å². The molecular formula is C21H20N4O2S. The van der Waals surface area contributed by atoms with Crippen molar-refractivity contribution in [2.75, 3.05) is 17.7 Å². The first-order valence-corrected chi connectivity index (χ1v) is 10.0. The van der Waals surface area contributed by atoms with E-state index in [0.29, 0.717) is 23.3 Å². The van der Waals surface area contributed by atoms with E-state index in [9.17, 15) is 0 Å². The highest BCUT2D eigenvalue weighted by Gasteiger charge is 2.25. The van der Waals surface area contributed by atoms with E-state index in [0.717, 1.165) is 28.3 Å². The lowest BCUT2D eigenvalue weighted by Crippen LogP contribution is -2.17. The van der Waals surface area contributed by atoms with Gasteiger partial charge < -0.3 is 14.8 Å². The van der Waals surface area contributed by atoms with Gasteiger partial charge in [0.25, 0.3) is 0 Å². The lowest BCUT2D eigenvalue weighted by Gasteiger charge is -2.19. The minimum Gasteiger partial charge on any atom is -0.490 e. The highest BCUT2D eigenvalue weighted by molar-refractivity contribution is 7.99. The topological polar surface area (TPSA) is 69.2 Å². The highest BCUT2D eigenvalue weighted by Crippen LogP contribution is 2.39. The lowest BCUT2D eigenvalue weighted by molar-refractivity contribution is 0.225. The standard InChI is InChI=1S/C21H20N4O2S/c1-3-13-26-15-11-9-14(10-12-15)19-22-17-8-6-5-7-16(17)18-20(27-19)23-21(25-24-18)28-4-2/h3,5-12,19,22H,1,4,13H2,2H3/t19-/m1/s1. The van der Waals surface area contributed by atoms with E-state index in [-0.39, 0.29) is 0 Å². The molecule has 4 rings (SSSR count). The molecule has 1 aliphatic heterocycles. The van der Waals surface area contributed by atoms with Crippen LogP contribution in [0.5, 0.6) is 11.6 Å². The molecule has 2 aromatic carbocycles. The van der Waals surface area contributed by atoms with Gasteiger partial charge in [-0.15, -0.1) is 10.2 Å². The van der Waals surface area contributed by atoms with Gasteiger partial charge in [-0.1, -0.05) is 49.5 Å². The molecule has 1 atom stereocenters. The quantitative estimate of drug-likeness (QED) is 0.481. The van der Waals surface area contributed by atoms with Crippen molar-refractivity contribution in [3.05, 3.63) is 66.7 Å². The molecule has 2 heterocycles. The zero-order chi connectivity index (χ0) is 19.3. The number of para-hydroxylation sites is 1. The van der Waals surface area contributed by atoms with Crippen molar-refractivity contribution < 1.29 is 9.47 Å². The van der Waals surface area contributed by atoms with Crippen LogP contribution in [0.4, 0.5) is 5.69 Å². The molecule has 1 N–H and O–H groups in total. The fraction of sp³-hybridized carbons (Fsp3) is 0.190. The van der Waals surface area contributed by atoms with Crippen LogP contribution >= 0.6 is 11.8 Å². The van der Waals surface area contributed by atoms with Gasteiger partial charge in [-0.3, -0.25) is 0 Å². The van der Waals surface area contributed by atoms with Gasteiger partial charge in [0.05, 0.1) is 0 Å². The van der Waals surface area contributed by atoms with Gasteiger partial charge in [-0.05, 0) is 36.1 Å². The molecule has 7 heteroatoms. The van der Waals surface area contributed by atoms with Gasteiger partial charge in [0.15, 0.2) is 11.9 Å². The predicted molar refractivity (Wildman–Crippen MR) is 111 cm³/mol. The summed E-state index contributed by atoms with van der Waals surface area (Å²) in [7, 11) is 0. The van der Waals surface area contributed by atoms with Crippen molar-refractivity contribution in [3.63, 3.8) is 0 Å². The number of ether oxygens (including phenoxy) is 2. The summed E-state index contributed by atoms with van der Waals surface area (Å²) in [5.41, 5.74) is 3.43. The highest BCUT2D eigenvalue weighted by atomic mass is 32.2. The summed E-state index contributed by atoms with van der Waals surface area (Å²) in [4.78, 5) is 4.59. The number of nitrogens with zero attached hydrogens (tertiary/aromatic N) is 3. The van der Waals surface area contributed by atoms with Gasteiger partial charge in [-0.2, -0.15) is 4.98 Å². The van der Waals surface area contributed by atoms with E-state index in [2.05, 4.69) is 34.0 Å². The molecule has 0 fully saturated rings. The number of benzene rings is 2. The maximum Gasteiger partial charge on any atom is 0.247 e. The monoisotopic (exact) mass is 392 g/mol. The van der Waals surface area contributed by atoms with E-state index in [1.54, 1.807) is 6.08 Å². The van der Waals surface area contributed by atoms with Crippen LogP contribution in [0, 0.1) is 0 Å². The van der Waals surface area contributed by atoms with Crippen LogP contribution < -0.4 is 14.8 Å². The summed E-state index contributed by atoms with van der Waals surface area (Å²) >= 11 is 1.53. The summed E-state index contributed by atoms with van der Waals surface area (Å²) in [6.45, 7) is 6.19. The van der Waals surface area contributed by atoms with Gasteiger partial charge >= 0.3 is 0 Å². The normalized spacial score (nSPS) is 14.7. The molecule has 6 nitrogen and oxygen atoms in total. The van der Waals surface area contributed by atoms with Gasteiger partial charge in [0.1, 0.15) is 12.4 Å². The van der Waals surface area contributed by atoms with Crippen molar-refractivity contribution in [3.8, 4) is 22.9 Å². The molecule has 0 saturated heterocycles. The predicted octanol–water partition coefficient (Wildman–Crippen LogP) is 4.72. The Labute approximate surface area is 168 Å². The third-order valence-electron chi connectivity index (χ3n) is 4.16. The number of hydrogen-bond donors (Lipinski definition) is 1. The van der Waals surface area contributed by atoms with E-state index < -0.39 is 6.23 Å². The van der Waals surface area contributed by atoms with Gasteiger partial charge in [-0.25, -0.2) is 0 Å². The Morgan fingerprint density at radius 3 is 2.79 bits per heavy atom. The van der Waals surface area contributed by atoms with Crippen LogP contribution in [-0.2, 0) is 0 Å². The van der Waals surface area contributed by atoms with Crippen molar-refractivity contribution in [1.29, 1.82) is 0 Å². The Kier molecular flexibility index (Phi) is 5.43. The third-order valence-corrected chi connectivity index (χ3v) is 4.88. The molecule has 142 valence electrons. The SMILES string of the molecule is C=CCOc1ccc([C@@H]2Nc3ccccc3-c3nnc(SCC)nc3O2)cc1. The summed E-state index contributed by atoms with van der Waals surface area (Å²) in [6, 6.07) is 15.7. The molecule has 0 unspecified atom stereocenters. The first-order valence-electron chi connectivity index (χ1n) is 9.02. The van der Waals surface area contributed by atoms with Crippen LogP contribution in [0.1, 0.15) is 18.7 Å². The zero-order valence-electron chi connectivity index (χ0n) is 15.5. The first-order chi connectivity index (χ1) is 13.8. The lowest BCUT2D eigenvalue weighted by atomic mass is 10.1. The smallest absolute Gasteiger partial charge is 0.247 e. The molecule has 0 aliphatic carbocycles. The molecular weight excluding hydrogens is 372 g/mol. The van der Waals surface area contributed by atoms with Crippen LogP contribution in [0.2, 0.25) is 0 Å². The second kappa shape index (κ2) is 8.31. The van der Waals surface area contributed by atoms with Crippen molar-refractivity contribution in [2.45, 2.75) is 18.3 Å². The second-order valence-corrected chi connectivity index (χ2v) is 7.27. The maximum atomic E-state index is 6.24. The zero-order valence-corrected chi connectivity index (χ0v) is 16.3. The van der Waals surface area contributed by atoms with Crippen molar-refractivity contribution >= 4 is 17.4 Å². The Hall–Kier alpha value is -3.06. The van der Waals surface area contributed by atoms with E-state index in [1.807, 2.05) is 48.5 Å². The summed E-state index contributed by atoms with van der Waals surface area (Å²) < 4.78 is 11.8. The molecule has 0 saturated carbocycles. The molecule has 3 aromatic rings. The summed E-state index contributed by atoms with van der Waals surface area (Å²) in [5, 5.41) is 12.7. The number of fused-ring (bicyclic) bond motifs is 3. The molecule has 28 heavy (non-hydrogen) atoms. The Balaban J connectivity index is 1.71. The van der Waals surface area contributed by atoms with Gasteiger partial charge in [0.2, 0.25) is 11.0 Å². The van der Waals surface area contributed by atoms with E-state index in [1.165, 1.54) is 11.8 Å². The number of thioether (sulfide) groups is 1.